The van der Waals surface area contributed by atoms with Crippen LogP contribution in [0.3, 0.4) is 0 Å². The van der Waals surface area contributed by atoms with E-state index in [4.69, 9.17) is 4.74 Å². The van der Waals surface area contributed by atoms with Gasteiger partial charge in [0.2, 0.25) is 11.8 Å². The van der Waals surface area contributed by atoms with Crippen LogP contribution in [0.4, 0.5) is 5.95 Å². The molecule has 1 aromatic heterocycles. The molecule has 94 valence electrons. The molecule has 0 atom stereocenters. The number of anilines is 1. The van der Waals surface area contributed by atoms with Crippen molar-refractivity contribution in [2.75, 3.05) is 18.6 Å². The Balaban J connectivity index is 2.16. The molecule has 0 amide bonds. The van der Waals surface area contributed by atoms with Crippen LogP contribution in [0.1, 0.15) is 32.6 Å². The summed E-state index contributed by atoms with van der Waals surface area (Å²) in [5.41, 5.74) is 0. The fourth-order valence-electron chi connectivity index (χ4n) is 1.78. The van der Waals surface area contributed by atoms with Crippen molar-refractivity contribution in [3.8, 4) is 5.88 Å². The summed E-state index contributed by atoms with van der Waals surface area (Å²) in [5.74, 6) is 1.40. The lowest BCUT2D eigenvalue weighted by atomic mass is 10.3. The van der Waals surface area contributed by atoms with E-state index < -0.39 is 0 Å². The van der Waals surface area contributed by atoms with Crippen molar-refractivity contribution in [3.63, 3.8) is 0 Å². The minimum Gasteiger partial charge on any atom is -0.480 e. The highest BCUT2D eigenvalue weighted by Crippen LogP contribution is 2.32. The first-order valence-corrected chi connectivity index (χ1v) is 6.88. The summed E-state index contributed by atoms with van der Waals surface area (Å²) in [7, 11) is 1.63. The summed E-state index contributed by atoms with van der Waals surface area (Å²) < 4.78 is 6.02. The van der Waals surface area contributed by atoms with Gasteiger partial charge < -0.3 is 9.64 Å². The fraction of sp³-hybridized carbons (Fsp3) is 0.667. The molecule has 4 nitrogen and oxygen atoms in total. The minimum absolute atomic E-state index is 0.608. The monoisotopic (exact) mass is 299 g/mol. The lowest BCUT2D eigenvalue weighted by Gasteiger charge is -2.22. The Kier molecular flexibility index (Phi) is 4.20. The summed E-state index contributed by atoms with van der Waals surface area (Å²) in [6.07, 6.45) is 6.65. The van der Waals surface area contributed by atoms with E-state index in [9.17, 15) is 0 Å². The third-order valence-electron chi connectivity index (χ3n) is 2.89. The first-order chi connectivity index (χ1) is 8.26. The Morgan fingerprint density at radius 1 is 1.53 bits per heavy atom. The first-order valence-electron chi connectivity index (χ1n) is 6.09. The molecule has 0 unspecified atom stereocenters. The summed E-state index contributed by atoms with van der Waals surface area (Å²) in [5, 5.41) is 0. The van der Waals surface area contributed by atoms with Gasteiger partial charge in [0.25, 0.3) is 0 Å². The lowest BCUT2D eigenvalue weighted by molar-refractivity contribution is 0.393. The first kappa shape index (κ1) is 12.6. The number of aromatic nitrogens is 2. The van der Waals surface area contributed by atoms with Gasteiger partial charge in [-0.25, -0.2) is 4.98 Å². The second-order valence-corrected chi connectivity index (χ2v) is 5.16. The number of hydrogen-bond donors (Lipinski definition) is 0. The van der Waals surface area contributed by atoms with Crippen LogP contribution in [0.15, 0.2) is 10.7 Å². The molecule has 2 rings (SSSR count). The second kappa shape index (κ2) is 5.67. The topological polar surface area (TPSA) is 38.2 Å². The van der Waals surface area contributed by atoms with Crippen molar-refractivity contribution in [2.24, 2.45) is 0 Å². The molecule has 0 radical (unpaired) electrons. The third kappa shape index (κ3) is 3.09. The molecule has 0 spiro atoms. The SMILES string of the molecule is CCCCN(c1ncc(Br)c(OC)n1)C1CC1. The highest BCUT2D eigenvalue weighted by atomic mass is 79.9. The van der Waals surface area contributed by atoms with E-state index in [1.54, 1.807) is 13.3 Å². The van der Waals surface area contributed by atoms with Crippen molar-refractivity contribution < 1.29 is 4.74 Å². The van der Waals surface area contributed by atoms with Crippen molar-refractivity contribution in [2.45, 2.75) is 38.6 Å². The predicted octanol–water partition coefficient (Wildman–Crippen LogP) is 3.02. The fourth-order valence-corrected chi connectivity index (χ4v) is 2.14. The molecule has 1 fully saturated rings. The Bertz CT molecular complexity index is 382. The maximum Gasteiger partial charge on any atom is 0.232 e. The number of unbranched alkanes of at least 4 members (excludes halogenated alkanes) is 1. The van der Waals surface area contributed by atoms with Crippen molar-refractivity contribution in [1.29, 1.82) is 0 Å². The molecule has 1 saturated carbocycles. The van der Waals surface area contributed by atoms with Gasteiger partial charge >= 0.3 is 0 Å². The van der Waals surface area contributed by atoms with Gasteiger partial charge in [-0.3, -0.25) is 0 Å². The Labute approximate surface area is 111 Å². The van der Waals surface area contributed by atoms with Gasteiger partial charge in [-0.15, -0.1) is 0 Å². The molecule has 1 aliphatic rings. The normalized spacial score (nSPS) is 14.8. The largest absolute Gasteiger partial charge is 0.480 e. The molecule has 0 bridgehead atoms. The van der Waals surface area contributed by atoms with Crippen molar-refractivity contribution >= 4 is 21.9 Å². The second-order valence-electron chi connectivity index (χ2n) is 4.31. The average Bonchev–Trinajstić information content (AvgIpc) is 3.16. The number of nitrogens with zero attached hydrogens (tertiary/aromatic N) is 3. The summed E-state index contributed by atoms with van der Waals surface area (Å²) >= 11 is 3.38. The molecule has 1 aliphatic carbocycles. The molecule has 17 heavy (non-hydrogen) atoms. The van der Waals surface area contributed by atoms with Crippen LogP contribution < -0.4 is 9.64 Å². The molecular formula is C12H18BrN3O. The molecule has 0 saturated heterocycles. The highest BCUT2D eigenvalue weighted by Gasteiger charge is 2.30. The maximum atomic E-state index is 5.22. The lowest BCUT2D eigenvalue weighted by Crippen LogP contribution is -2.28. The Hall–Kier alpha value is -0.840. The highest BCUT2D eigenvalue weighted by molar-refractivity contribution is 9.10. The quantitative estimate of drug-likeness (QED) is 0.809. The van der Waals surface area contributed by atoms with Gasteiger partial charge in [0.15, 0.2) is 0 Å². The Morgan fingerprint density at radius 3 is 2.88 bits per heavy atom. The molecular weight excluding hydrogens is 282 g/mol. The van der Waals surface area contributed by atoms with Crippen LogP contribution in [0.5, 0.6) is 5.88 Å². The van der Waals surface area contributed by atoms with E-state index in [1.807, 2.05) is 0 Å². The molecule has 1 aromatic rings. The van der Waals surface area contributed by atoms with Gasteiger partial charge in [0, 0.05) is 12.6 Å². The number of methoxy groups -OCH3 is 1. The summed E-state index contributed by atoms with van der Waals surface area (Å²) in [6.45, 7) is 3.24. The van der Waals surface area contributed by atoms with Crippen LogP contribution in [-0.2, 0) is 0 Å². The number of ether oxygens (including phenoxy) is 1. The van der Waals surface area contributed by atoms with Crippen LogP contribution in [0.25, 0.3) is 0 Å². The predicted molar refractivity (Wildman–Crippen MR) is 71.6 cm³/mol. The molecule has 1 heterocycles. The van der Waals surface area contributed by atoms with Gasteiger partial charge in [0.1, 0.15) is 0 Å². The number of hydrogen-bond acceptors (Lipinski definition) is 4. The third-order valence-corrected chi connectivity index (χ3v) is 3.43. The molecule has 0 aromatic carbocycles. The Morgan fingerprint density at radius 2 is 2.29 bits per heavy atom. The standard InChI is InChI=1S/C12H18BrN3O/c1-3-4-7-16(9-5-6-9)12-14-8-10(13)11(15-12)17-2/h8-9H,3-7H2,1-2H3. The summed E-state index contributed by atoms with van der Waals surface area (Å²) in [6, 6.07) is 0.632. The smallest absolute Gasteiger partial charge is 0.232 e. The van der Waals surface area contributed by atoms with Crippen LogP contribution in [-0.4, -0.2) is 29.7 Å². The molecule has 0 aliphatic heterocycles. The zero-order valence-corrected chi connectivity index (χ0v) is 11.9. The van der Waals surface area contributed by atoms with Gasteiger partial charge in [-0.05, 0) is 35.2 Å². The van der Waals surface area contributed by atoms with Crippen LogP contribution in [0.2, 0.25) is 0 Å². The van der Waals surface area contributed by atoms with Crippen molar-refractivity contribution in [3.05, 3.63) is 10.7 Å². The van der Waals surface area contributed by atoms with Crippen molar-refractivity contribution in [1.82, 2.24) is 9.97 Å². The zero-order chi connectivity index (χ0) is 12.3. The van der Waals surface area contributed by atoms with Crippen LogP contribution in [0, 0.1) is 0 Å². The van der Waals surface area contributed by atoms with E-state index in [1.165, 1.54) is 25.7 Å². The maximum absolute atomic E-state index is 5.22. The zero-order valence-electron chi connectivity index (χ0n) is 10.3. The minimum atomic E-state index is 0.608. The van der Waals surface area contributed by atoms with Gasteiger partial charge in [-0.1, -0.05) is 13.3 Å². The van der Waals surface area contributed by atoms with E-state index in [0.717, 1.165) is 17.0 Å². The average molecular weight is 300 g/mol. The van der Waals surface area contributed by atoms with Crippen LogP contribution >= 0.6 is 15.9 Å². The molecule has 5 heteroatoms. The van der Waals surface area contributed by atoms with E-state index >= 15 is 0 Å². The summed E-state index contributed by atoms with van der Waals surface area (Å²) in [4.78, 5) is 11.1. The number of rotatable bonds is 6. The van der Waals surface area contributed by atoms with E-state index in [2.05, 4.69) is 37.7 Å². The molecule has 0 N–H and O–H groups in total. The van der Waals surface area contributed by atoms with E-state index in [-0.39, 0.29) is 0 Å². The van der Waals surface area contributed by atoms with Gasteiger partial charge in [0.05, 0.1) is 17.8 Å². The van der Waals surface area contributed by atoms with E-state index in [0.29, 0.717) is 11.9 Å². The number of halogens is 1. The van der Waals surface area contributed by atoms with Gasteiger partial charge in [-0.2, -0.15) is 4.98 Å².